The van der Waals surface area contributed by atoms with Gasteiger partial charge in [0.25, 0.3) is 0 Å². The molecular weight excluding hydrogens is 583 g/mol. The molecule has 2 N–H and O–H groups in total. The normalized spacial score (nSPS) is 15.2. The molecule has 1 saturated heterocycles. The molecule has 4 aromatic rings. The van der Waals surface area contributed by atoms with Crippen LogP contribution in [0.15, 0.2) is 54.4 Å². The third kappa shape index (κ3) is 5.41. The van der Waals surface area contributed by atoms with Gasteiger partial charge in [-0.1, -0.05) is 12.1 Å². The lowest BCUT2D eigenvalue weighted by atomic mass is 9.92. The number of fused-ring (bicyclic) bond motifs is 1. The van der Waals surface area contributed by atoms with Crippen molar-refractivity contribution in [2.24, 2.45) is 5.92 Å². The summed E-state index contributed by atoms with van der Waals surface area (Å²) in [6, 6.07) is 7.97. The Kier molecular flexibility index (Phi) is 7.09. The smallest absolute Gasteiger partial charge is 0.219 e. The number of anilines is 1. The summed E-state index contributed by atoms with van der Waals surface area (Å²) in [6.07, 6.45) is 6.19. The molecule has 0 amide bonds. The number of ketones is 1. The summed E-state index contributed by atoms with van der Waals surface area (Å²) >= 11 is 0. The third-order valence-corrected chi connectivity index (χ3v) is 8.91. The molecule has 0 radical (unpaired) electrons. The highest BCUT2D eigenvalue weighted by molar-refractivity contribution is 7.88. The van der Waals surface area contributed by atoms with Crippen molar-refractivity contribution in [3.05, 3.63) is 99.6 Å². The Balaban J connectivity index is 1.17. The second kappa shape index (κ2) is 10.7. The minimum atomic E-state index is -3.25. The molecule has 1 aliphatic heterocycles. The number of carbonyl (C=O) groups excluding carboxylic acids is 1. The predicted octanol–water partition coefficient (Wildman–Crippen LogP) is 4.62. The van der Waals surface area contributed by atoms with Crippen molar-refractivity contribution in [2.75, 3.05) is 25.1 Å². The molecule has 0 spiro atoms. The number of nitrogen functional groups attached to an aromatic ring is 1. The minimum Gasteiger partial charge on any atom is -0.433 e. The van der Waals surface area contributed by atoms with E-state index in [0.29, 0.717) is 47.5 Å². The number of Topliss-reactive ketones (excluding diaryl/α,β-unsaturated/α-hetero) is 1. The van der Waals surface area contributed by atoms with Crippen LogP contribution >= 0.6 is 0 Å². The second-order valence-corrected chi connectivity index (χ2v) is 12.8. The minimum absolute atomic E-state index is 0.0302. The van der Waals surface area contributed by atoms with E-state index in [4.69, 9.17) is 10.5 Å². The van der Waals surface area contributed by atoms with Gasteiger partial charge in [-0.2, -0.15) is 5.10 Å². The summed E-state index contributed by atoms with van der Waals surface area (Å²) in [6.45, 7) is 2.42. The number of pyridine rings is 1. The molecule has 0 unspecified atom stereocenters. The summed E-state index contributed by atoms with van der Waals surface area (Å²) in [5, 5.41) is 4.27. The quantitative estimate of drug-likeness (QED) is 0.290. The number of hydrogen-bond acceptors (Lipinski definition) is 7. The molecule has 2 aliphatic rings. The number of halogens is 3. The number of nitrogens with two attached hydrogens (primary N) is 1. The fourth-order valence-electron chi connectivity index (χ4n) is 5.33. The van der Waals surface area contributed by atoms with Crippen molar-refractivity contribution in [1.29, 1.82) is 0 Å². The summed E-state index contributed by atoms with van der Waals surface area (Å²) < 4.78 is 74.1. The van der Waals surface area contributed by atoms with Crippen molar-refractivity contribution >= 4 is 27.7 Å². The monoisotopic (exact) mass is 609 g/mol. The third-order valence-electron chi connectivity index (χ3n) is 7.67. The number of ether oxygens (including phenoxy) is 1. The molecule has 43 heavy (non-hydrogen) atoms. The summed E-state index contributed by atoms with van der Waals surface area (Å²) in [5.74, 6) is -3.03. The van der Waals surface area contributed by atoms with Crippen LogP contribution in [-0.2, 0) is 22.9 Å². The fraction of sp³-hybridized carbons (Fsp3) is 0.233. The molecule has 0 bridgehead atoms. The SMILES string of the molecule is Cc1cc(Oc2c(F)cccc2F)ncc1-n1ncc(C(=O)C2=Cc3cc(F)c(CC4CN(S(C)(=O)=O)C4)cc3C2)c1N. The molecule has 1 fully saturated rings. The zero-order valence-electron chi connectivity index (χ0n) is 23.1. The summed E-state index contributed by atoms with van der Waals surface area (Å²) in [5.41, 5.74) is 9.80. The Bertz CT molecular complexity index is 1910. The van der Waals surface area contributed by atoms with Crippen molar-refractivity contribution in [3.63, 3.8) is 0 Å². The van der Waals surface area contributed by atoms with Gasteiger partial charge in [0.05, 0.1) is 29.9 Å². The van der Waals surface area contributed by atoms with Crippen LogP contribution < -0.4 is 10.5 Å². The van der Waals surface area contributed by atoms with Gasteiger partial charge in [-0.05, 0) is 65.8 Å². The standard InChI is InChI=1S/C30H26F3N5O4S/c1-16-6-27(42-29-23(31)4-3-5-24(29)32)35-13-26(16)38-30(34)22(12-36-38)28(39)21-9-18-8-20(25(33)11-19(18)10-21)7-17-14-37(15-17)43(2,40)41/h3-6,8,10-13,17H,7,9,14-15,34H2,1-2H3. The number of rotatable bonds is 8. The summed E-state index contributed by atoms with van der Waals surface area (Å²) in [4.78, 5) is 17.6. The zero-order valence-corrected chi connectivity index (χ0v) is 24.0. The van der Waals surface area contributed by atoms with Crippen molar-refractivity contribution < 1.29 is 31.1 Å². The summed E-state index contributed by atoms with van der Waals surface area (Å²) in [7, 11) is -3.25. The van der Waals surface area contributed by atoms with Gasteiger partial charge in [-0.15, -0.1) is 0 Å². The van der Waals surface area contributed by atoms with E-state index in [0.717, 1.165) is 24.0 Å². The van der Waals surface area contributed by atoms with Gasteiger partial charge in [-0.25, -0.2) is 35.6 Å². The average Bonchev–Trinajstić information content (AvgIpc) is 3.50. The Morgan fingerprint density at radius 1 is 1.09 bits per heavy atom. The first-order valence-corrected chi connectivity index (χ1v) is 15.2. The predicted molar refractivity (Wildman–Crippen MR) is 153 cm³/mol. The van der Waals surface area contributed by atoms with E-state index in [1.807, 2.05) is 0 Å². The lowest BCUT2D eigenvalue weighted by molar-refractivity contribution is 0.103. The van der Waals surface area contributed by atoms with Gasteiger partial charge in [0.1, 0.15) is 11.6 Å². The van der Waals surface area contributed by atoms with E-state index >= 15 is 0 Å². The van der Waals surface area contributed by atoms with Crippen LogP contribution in [0.3, 0.4) is 0 Å². The highest BCUT2D eigenvalue weighted by Gasteiger charge is 2.34. The van der Waals surface area contributed by atoms with E-state index in [-0.39, 0.29) is 35.4 Å². The van der Waals surface area contributed by atoms with Crippen LogP contribution in [0.4, 0.5) is 19.0 Å². The number of allylic oxidation sites excluding steroid dienone is 1. The number of sulfonamides is 1. The molecule has 0 atom stereocenters. The van der Waals surface area contributed by atoms with Crippen LogP contribution in [0.25, 0.3) is 11.8 Å². The van der Waals surface area contributed by atoms with E-state index in [1.165, 1.54) is 39.6 Å². The number of aromatic nitrogens is 3. The topological polar surface area (TPSA) is 120 Å². The van der Waals surface area contributed by atoms with E-state index in [1.54, 1.807) is 19.1 Å². The average molecular weight is 610 g/mol. The van der Waals surface area contributed by atoms with Gasteiger partial charge in [-0.3, -0.25) is 4.79 Å². The molecule has 2 aromatic carbocycles. The lowest BCUT2D eigenvalue weighted by Gasteiger charge is -2.37. The Morgan fingerprint density at radius 3 is 2.49 bits per heavy atom. The van der Waals surface area contributed by atoms with Gasteiger partial charge < -0.3 is 10.5 Å². The maximum absolute atomic E-state index is 14.9. The maximum Gasteiger partial charge on any atom is 0.219 e. The molecule has 1 aliphatic carbocycles. The number of hydrogen-bond donors (Lipinski definition) is 1. The van der Waals surface area contributed by atoms with Crippen LogP contribution in [0, 0.1) is 30.3 Å². The van der Waals surface area contributed by atoms with Gasteiger partial charge >= 0.3 is 0 Å². The molecule has 6 rings (SSSR count). The van der Waals surface area contributed by atoms with E-state index in [9.17, 15) is 26.4 Å². The van der Waals surface area contributed by atoms with Crippen molar-refractivity contribution in [1.82, 2.24) is 19.1 Å². The van der Waals surface area contributed by atoms with Crippen LogP contribution in [0.5, 0.6) is 11.6 Å². The molecule has 13 heteroatoms. The number of para-hydroxylation sites is 1. The van der Waals surface area contributed by atoms with Gasteiger partial charge in [0.2, 0.25) is 21.7 Å². The van der Waals surface area contributed by atoms with E-state index < -0.39 is 33.2 Å². The fourth-order valence-corrected chi connectivity index (χ4v) is 6.30. The van der Waals surface area contributed by atoms with Crippen LogP contribution in [0.1, 0.15) is 32.6 Å². The van der Waals surface area contributed by atoms with Crippen molar-refractivity contribution in [2.45, 2.75) is 19.8 Å². The maximum atomic E-state index is 14.9. The molecule has 3 heterocycles. The Morgan fingerprint density at radius 2 is 1.81 bits per heavy atom. The Labute approximate surface area is 245 Å². The van der Waals surface area contributed by atoms with Gasteiger partial charge in [0.15, 0.2) is 17.4 Å². The largest absolute Gasteiger partial charge is 0.433 e. The highest BCUT2D eigenvalue weighted by atomic mass is 32.2. The van der Waals surface area contributed by atoms with Crippen molar-refractivity contribution in [3.8, 4) is 17.3 Å². The van der Waals surface area contributed by atoms with Crippen LogP contribution in [0.2, 0.25) is 0 Å². The first-order valence-electron chi connectivity index (χ1n) is 13.3. The van der Waals surface area contributed by atoms with E-state index in [2.05, 4.69) is 10.1 Å². The molecule has 9 nitrogen and oxygen atoms in total. The molecule has 2 aromatic heterocycles. The second-order valence-electron chi connectivity index (χ2n) is 10.8. The lowest BCUT2D eigenvalue weighted by Crippen LogP contribution is -2.50. The highest BCUT2D eigenvalue weighted by Crippen LogP contribution is 2.34. The number of benzene rings is 2. The first kappa shape index (κ1) is 28.6. The molecule has 222 valence electrons. The zero-order chi connectivity index (χ0) is 30.6. The van der Waals surface area contributed by atoms with Gasteiger partial charge in [0, 0.05) is 31.1 Å². The first-order chi connectivity index (χ1) is 20.4. The Hall–Kier alpha value is -4.49. The molecular formula is C30H26F3N5O4S. The number of aryl methyl sites for hydroxylation is 1. The van der Waals surface area contributed by atoms with Crippen LogP contribution in [-0.4, -0.2) is 52.6 Å². The number of carbonyl (C=O) groups is 1. The number of nitrogens with zero attached hydrogens (tertiary/aromatic N) is 4. The molecule has 0 saturated carbocycles.